The summed E-state index contributed by atoms with van der Waals surface area (Å²) in [5.74, 6) is 1.63. The van der Waals surface area contributed by atoms with Gasteiger partial charge in [-0.05, 0) is 24.6 Å². The highest BCUT2D eigenvalue weighted by Gasteiger charge is 2.18. The van der Waals surface area contributed by atoms with E-state index in [1.54, 1.807) is 11.9 Å². The van der Waals surface area contributed by atoms with Gasteiger partial charge in [-0.1, -0.05) is 6.92 Å². The maximum Gasteiger partial charge on any atom is 0.231 e. The second-order valence-electron chi connectivity index (χ2n) is 4.54. The fraction of sp³-hybridized carbons (Fsp3) is 0.462. The highest BCUT2D eigenvalue weighted by atomic mass is 16.7. The van der Waals surface area contributed by atoms with Gasteiger partial charge in [-0.15, -0.1) is 0 Å². The Balaban J connectivity index is 2.09. The Bertz CT molecular complexity index is 448. The molecule has 0 spiro atoms. The van der Waals surface area contributed by atoms with E-state index in [9.17, 15) is 4.79 Å². The Morgan fingerprint density at radius 2 is 2.17 bits per heavy atom. The van der Waals surface area contributed by atoms with E-state index in [-0.39, 0.29) is 18.6 Å². The summed E-state index contributed by atoms with van der Waals surface area (Å²) in [5, 5.41) is 0. The molecule has 0 radical (unpaired) electrons. The molecule has 1 heterocycles. The lowest BCUT2D eigenvalue weighted by atomic mass is 10.1. The standard InChI is InChI=1S/C13H18N2O3/c1-9(7-14)5-13(16)15(2)10-3-4-11-12(6-10)18-8-17-11/h3-4,6,9H,5,7-8,14H2,1-2H3. The van der Waals surface area contributed by atoms with E-state index in [0.29, 0.717) is 18.7 Å². The Kier molecular flexibility index (Phi) is 3.72. The minimum atomic E-state index is 0.0480. The monoisotopic (exact) mass is 250 g/mol. The number of amides is 1. The molecule has 1 atom stereocenters. The predicted octanol–water partition coefficient (Wildman–Crippen LogP) is 1.36. The normalized spacial score (nSPS) is 14.4. The number of ether oxygens (including phenoxy) is 2. The maximum absolute atomic E-state index is 12.0. The fourth-order valence-electron chi connectivity index (χ4n) is 1.76. The lowest BCUT2D eigenvalue weighted by Crippen LogP contribution is -2.29. The van der Waals surface area contributed by atoms with Crippen LogP contribution < -0.4 is 20.1 Å². The van der Waals surface area contributed by atoms with Gasteiger partial charge in [0, 0.05) is 25.2 Å². The Labute approximate surface area is 106 Å². The molecule has 0 saturated heterocycles. The van der Waals surface area contributed by atoms with Gasteiger partial charge in [-0.25, -0.2) is 0 Å². The van der Waals surface area contributed by atoms with Gasteiger partial charge in [0.1, 0.15) is 0 Å². The molecular formula is C13H18N2O3. The van der Waals surface area contributed by atoms with Crippen LogP contribution in [-0.2, 0) is 4.79 Å². The minimum Gasteiger partial charge on any atom is -0.454 e. The van der Waals surface area contributed by atoms with Gasteiger partial charge in [0.25, 0.3) is 0 Å². The van der Waals surface area contributed by atoms with Crippen LogP contribution >= 0.6 is 0 Å². The first-order valence-electron chi connectivity index (χ1n) is 5.98. The highest BCUT2D eigenvalue weighted by molar-refractivity contribution is 5.93. The average Bonchev–Trinajstić information content (AvgIpc) is 2.84. The van der Waals surface area contributed by atoms with Gasteiger partial charge in [0.05, 0.1) is 0 Å². The second-order valence-corrected chi connectivity index (χ2v) is 4.54. The molecule has 1 aliphatic rings. The van der Waals surface area contributed by atoms with Crippen molar-refractivity contribution in [3.05, 3.63) is 18.2 Å². The molecule has 0 aliphatic carbocycles. The Hall–Kier alpha value is -1.75. The van der Waals surface area contributed by atoms with Crippen molar-refractivity contribution in [1.82, 2.24) is 0 Å². The summed E-state index contributed by atoms with van der Waals surface area (Å²) >= 11 is 0. The summed E-state index contributed by atoms with van der Waals surface area (Å²) in [6, 6.07) is 5.47. The lowest BCUT2D eigenvalue weighted by molar-refractivity contribution is -0.119. The topological polar surface area (TPSA) is 64.8 Å². The molecule has 1 aromatic carbocycles. The van der Waals surface area contributed by atoms with Gasteiger partial charge in [-0.2, -0.15) is 0 Å². The van der Waals surface area contributed by atoms with Crippen molar-refractivity contribution in [3.63, 3.8) is 0 Å². The molecule has 5 heteroatoms. The van der Waals surface area contributed by atoms with Crippen LogP contribution in [0.4, 0.5) is 5.69 Å². The zero-order chi connectivity index (χ0) is 13.1. The minimum absolute atomic E-state index is 0.0480. The number of rotatable bonds is 4. The SMILES string of the molecule is CC(CN)CC(=O)N(C)c1ccc2c(c1)OCO2. The Morgan fingerprint density at radius 3 is 2.89 bits per heavy atom. The van der Waals surface area contributed by atoms with Crippen LogP contribution in [0.1, 0.15) is 13.3 Å². The van der Waals surface area contributed by atoms with Crippen LogP contribution in [0.3, 0.4) is 0 Å². The number of benzene rings is 1. The first-order valence-corrected chi connectivity index (χ1v) is 5.98. The Morgan fingerprint density at radius 1 is 1.44 bits per heavy atom. The van der Waals surface area contributed by atoms with Crippen molar-refractivity contribution in [2.24, 2.45) is 11.7 Å². The third kappa shape index (κ3) is 2.56. The van der Waals surface area contributed by atoms with E-state index in [2.05, 4.69) is 0 Å². The molecular weight excluding hydrogens is 232 g/mol. The summed E-state index contributed by atoms with van der Waals surface area (Å²) < 4.78 is 10.5. The number of anilines is 1. The van der Waals surface area contributed by atoms with Gasteiger partial charge < -0.3 is 20.1 Å². The van der Waals surface area contributed by atoms with Crippen molar-refractivity contribution in [2.75, 3.05) is 25.3 Å². The van der Waals surface area contributed by atoms with Gasteiger partial charge in [-0.3, -0.25) is 4.79 Å². The smallest absolute Gasteiger partial charge is 0.231 e. The number of carbonyl (C=O) groups excluding carboxylic acids is 1. The predicted molar refractivity (Wildman–Crippen MR) is 68.8 cm³/mol. The van der Waals surface area contributed by atoms with E-state index in [1.165, 1.54) is 0 Å². The number of carbonyl (C=O) groups is 1. The molecule has 2 rings (SSSR count). The third-order valence-corrected chi connectivity index (χ3v) is 3.04. The average molecular weight is 250 g/mol. The molecule has 0 saturated carbocycles. The van der Waals surface area contributed by atoms with Gasteiger partial charge in [0.15, 0.2) is 11.5 Å². The van der Waals surface area contributed by atoms with E-state index < -0.39 is 0 Å². The van der Waals surface area contributed by atoms with Crippen molar-refractivity contribution in [3.8, 4) is 11.5 Å². The molecule has 0 aromatic heterocycles. The zero-order valence-corrected chi connectivity index (χ0v) is 10.7. The van der Waals surface area contributed by atoms with Crippen molar-refractivity contribution in [1.29, 1.82) is 0 Å². The quantitative estimate of drug-likeness (QED) is 0.876. The van der Waals surface area contributed by atoms with Crippen LogP contribution in [-0.4, -0.2) is 26.3 Å². The molecule has 2 N–H and O–H groups in total. The number of nitrogens with zero attached hydrogens (tertiary/aromatic N) is 1. The largest absolute Gasteiger partial charge is 0.454 e. The van der Waals surface area contributed by atoms with Crippen molar-refractivity contribution < 1.29 is 14.3 Å². The molecule has 0 bridgehead atoms. The molecule has 5 nitrogen and oxygen atoms in total. The summed E-state index contributed by atoms with van der Waals surface area (Å²) in [6.07, 6.45) is 0.446. The van der Waals surface area contributed by atoms with Crippen molar-refractivity contribution in [2.45, 2.75) is 13.3 Å². The van der Waals surface area contributed by atoms with Crippen LogP contribution in [0.15, 0.2) is 18.2 Å². The van der Waals surface area contributed by atoms with E-state index in [4.69, 9.17) is 15.2 Å². The lowest BCUT2D eigenvalue weighted by Gasteiger charge is -2.19. The fourth-order valence-corrected chi connectivity index (χ4v) is 1.76. The molecule has 98 valence electrons. The first-order chi connectivity index (χ1) is 8.61. The number of hydrogen-bond donors (Lipinski definition) is 1. The number of fused-ring (bicyclic) bond motifs is 1. The molecule has 1 aliphatic heterocycles. The zero-order valence-electron chi connectivity index (χ0n) is 10.7. The molecule has 1 amide bonds. The summed E-state index contributed by atoms with van der Waals surface area (Å²) in [4.78, 5) is 13.6. The molecule has 18 heavy (non-hydrogen) atoms. The second kappa shape index (κ2) is 5.27. The van der Waals surface area contributed by atoms with Crippen LogP contribution in [0.25, 0.3) is 0 Å². The summed E-state index contributed by atoms with van der Waals surface area (Å²) in [5.41, 5.74) is 6.33. The van der Waals surface area contributed by atoms with E-state index in [1.807, 2.05) is 25.1 Å². The van der Waals surface area contributed by atoms with Crippen LogP contribution in [0, 0.1) is 5.92 Å². The van der Waals surface area contributed by atoms with Crippen LogP contribution in [0.5, 0.6) is 11.5 Å². The van der Waals surface area contributed by atoms with E-state index >= 15 is 0 Å². The van der Waals surface area contributed by atoms with E-state index in [0.717, 1.165) is 11.4 Å². The molecule has 0 fully saturated rings. The summed E-state index contributed by atoms with van der Waals surface area (Å²) in [6.45, 7) is 2.72. The first kappa shape index (κ1) is 12.7. The van der Waals surface area contributed by atoms with Gasteiger partial charge >= 0.3 is 0 Å². The maximum atomic E-state index is 12.0. The molecule has 1 unspecified atom stereocenters. The number of hydrogen-bond acceptors (Lipinski definition) is 4. The third-order valence-electron chi connectivity index (χ3n) is 3.04. The number of nitrogens with two attached hydrogens (primary N) is 1. The summed E-state index contributed by atoms with van der Waals surface area (Å²) in [7, 11) is 1.75. The highest BCUT2D eigenvalue weighted by Crippen LogP contribution is 2.35. The molecule has 1 aromatic rings. The van der Waals surface area contributed by atoms with Gasteiger partial charge in [0.2, 0.25) is 12.7 Å². The van der Waals surface area contributed by atoms with Crippen LogP contribution in [0.2, 0.25) is 0 Å². The van der Waals surface area contributed by atoms with Crippen molar-refractivity contribution >= 4 is 11.6 Å².